The highest BCUT2D eigenvalue weighted by Crippen LogP contribution is 2.29. The molecule has 2 heterocycles. The van der Waals surface area contributed by atoms with Crippen LogP contribution < -0.4 is 5.32 Å². The van der Waals surface area contributed by atoms with Crippen molar-refractivity contribution >= 4 is 28.6 Å². The van der Waals surface area contributed by atoms with Crippen LogP contribution in [-0.4, -0.2) is 26.5 Å². The monoisotopic (exact) mass is 297 g/mol. The minimum atomic E-state index is 0.647. The lowest BCUT2D eigenvalue weighted by Gasteiger charge is -2.08. The number of para-hydroxylation sites is 1. The number of anilines is 1. The van der Waals surface area contributed by atoms with Crippen LogP contribution in [0.15, 0.2) is 52.9 Å². The number of aromatic nitrogens is 4. The van der Waals surface area contributed by atoms with Crippen LogP contribution in [0.2, 0.25) is 0 Å². The van der Waals surface area contributed by atoms with Crippen LogP contribution in [-0.2, 0) is 0 Å². The van der Waals surface area contributed by atoms with Gasteiger partial charge in [0, 0.05) is 24.3 Å². The number of rotatable bonds is 5. The number of nitrogens with one attached hydrogen (secondary N) is 1. The summed E-state index contributed by atoms with van der Waals surface area (Å²) < 4.78 is 0. The van der Waals surface area contributed by atoms with Gasteiger partial charge in [0.15, 0.2) is 5.16 Å². The third-order valence-electron chi connectivity index (χ3n) is 2.83. The van der Waals surface area contributed by atoms with Crippen LogP contribution in [0.1, 0.15) is 13.3 Å². The molecule has 0 saturated heterocycles. The van der Waals surface area contributed by atoms with E-state index in [4.69, 9.17) is 0 Å². The second-order valence-electron chi connectivity index (χ2n) is 4.43. The minimum Gasteiger partial charge on any atom is -0.354 e. The Morgan fingerprint density at radius 3 is 2.67 bits per heavy atom. The van der Waals surface area contributed by atoms with Gasteiger partial charge in [0.2, 0.25) is 5.95 Å². The first-order valence-corrected chi connectivity index (χ1v) is 7.64. The number of nitrogens with zero attached hydrogens (tertiary/aromatic N) is 4. The fourth-order valence-electron chi connectivity index (χ4n) is 1.87. The Morgan fingerprint density at radius 1 is 1.05 bits per heavy atom. The van der Waals surface area contributed by atoms with Gasteiger partial charge in [-0.25, -0.2) is 19.9 Å². The van der Waals surface area contributed by atoms with E-state index in [1.165, 1.54) is 11.8 Å². The summed E-state index contributed by atoms with van der Waals surface area (Å²) >= 11 is 1.45. The van der Waals surface area contributed by atoms with Gasteiger partial charge in [0.25, 0.3) is 0 Å². The molecule has 0 spiro atoms. The Hall–Kier alpha value is -2.21. The van der Waals surface area contributed by atoms with Crippen molar-refractivity contribution in [2.75, 3.05) is 11.9 Å². The van der Waals surface area contributed by atoms with Gasteiger partial charge in [0.1, 0.15) is 5.03 Å². The first-order chi connectivity index (χ1) is 10.4. The fourth-order valence-corrected chi connectivity index (χ4v) is 2.68. The van der Waals surface area contributed by atoms with E-state index in [1.54, 1.807) is 18.5 Å². The highest BCUT2D eigenvalue weighted by atomic mass is 32.2. The molecule has 0 fully saturated rings. The maximum atomic E-state index is 4.59. The molecule has 0 saturated carbocycles. The molecular formula is C15H15N5S. The zero-order chi connectivity index (χ0) is 14.5. The lowest BCUT2D eigenvalue weighted by molar-refractivity contribution is 0.939. The maximum absolute atomic E-state index is 4.59. The second kappa shape index (κ2) is 6.49. The Morgan fingerprint density at radius 2 is 1.86 bits per heavy atom. The molecule has 1 N–H and O–H groups in total. The molecular weight excluding hydrogens is 282 g/mol. The smallest absolute Gasteiger partial charge is 0.224 e. The molecule has 3 rings (SSSR count). The second-order valence-corrected chi connectivity index (χ2v) is 5.39. The molecule has 0 aliphatic carbocycles. The fraction of sp³-hybridized carbons (Fsp3) is 0.200. The molecule has 0 unspecified atom stereocenters. The Bertz CT molecular complexity index is 732. The van der Waals surface area contributed by atoms with Crippen molar-refractivity contribution in [1.82, 2.24) is 19.9 Å². The SMILES string of the molecule is CCCNc1nc(Sc2ncccn2)c2ccccc2n1. The summed E-state index contributed by atoms with van der Waals surface area (Å²) in [6, 6.07) is 9.78. The van der Waals surface area contributed by atoms with Gasteiger partial charge in [-0.2, -0.15) is 0 Å². The van der Waals surface area contributed by atoms with E-state index >= 15 is 0 Å². The predicted molar refractivity (Wildman–Crippen MR) is 84.5 cm³/mol. The highest BCUT2D eigenvalue weighted by Gasteiger charge is 2.10. The highest BCUT2D eigenvalue weighted by molar-refractivity contribution is 7.99. The number of fused-ring (bicyclic) bond motifs is 1. The first kappa shape index (κ1) is 13.8. The molecule has 0 bridgehead atoms. The molecule has 1 aromatic carbocycles. The third kappa shape index (κ3) is 3.28. The van der Waals surface area contributed by atoms with E-state index in [1.807, 2.05) is 24.3 Å². The van der Waals surface area contributed by atoms with E-state index in [0.717, 1.165) is 28.9 Å². The van der Waals surface area contributed by atoms with Gasteiger partial charge < -0.3 is 5.32 Å². The standard InChI is InChI=1S/C15H15N5S/c1-2-8-16-14-19-12-7-4-3-6-11(12)13(20-14)21-15-17-9-5-10-18-15/h3-7,9-10H,2,8H2,1H3,(H,16,19,20). The topological polar surface area (TPSA) is 63.6 Å². The van der Waals surface area contributed by atoms with Gasteiger partial charge in [-0.15, -0.1) is 0 Å². The summed E-state index contributed by atoms with van der Waals surface area (Å²) in [5, 5.41) is 5.80. The molecule has 0 atom stereocenters. The molecule has 0 radical (unpaired) electrons. The van der Waals surface area contributed by atoms with Crippen LogP contribution in [0.3, 0.4) is 0 Å². The Labute approximate surface area is 127 Å². The minimum absolute atomic E-state index is 0.647. The largest absolute Gasteiger partial charge is 0.354 e. The van der Waals surface area contributed by atoms with Crippen molar-refractivity contribution in [3.05, 3.63) is 42.7 Å². The molecule has 5 nitrogen and oxygen atoms in total. The number of hydrogen-bond donors (Lipinski definition) is 1. The molecule has 21 heavy (non-hydrogen) atoms. The molecule has 2 aromatic heterocycles. The van der Waals surface area contributed by atoms with Crippen LogP contribution in [0.5, 0.6) is 0 Å². The summed E-state index contributed by atoms with van der Waals surface area (Å²) in [6.07, 6.45) is 4.49. The Kier molecular flexibility index (Phi) is 4.25. The van der Waals surface area contributed by atoms with E-state index in [0.29, 0.717) is 11.1 Å². The normalized spacial score (nSPS) is 10.7. The lowest BCUT2D eigenvalue weighted by Crippen LogP contribution is -2.05. The van der Waals surface area contributed by atoms with Crippen LogP contribution >= 0.6 is 11.8 Å². The first-order valence-electron chi connectivity index (χ1n) is 6.82. The number of hydrogen-bond acceptors (Lipinski definition) is 6. The number of benzene rings is 1. The Balaban J connectivity index is 2.02. The van der Waals surface area contributed by atoms with Gasteiger partial charge in [-0.3, -0.25) is 0 Å². The van der Waals surface area contributed by atoms with Crippen molar-refractivity contribution < 1.29 is 0 Å². The van der Waals surface area contributed by atoms with Crippen molar-refractivity contribution in [2.45, 2.75) is 23.5 Å². The summed E-state index contributed by atoms with van der Waals surface area (Å²) in [5.74, 6) is 0.647. The van der Waals surface area contributed by atoms with Gasteiger partial charge in [-0.05, 0) is 30.3 Å². The zero-order valence-corrected chi connectivity index (χ0v) is 12.5. The van der Waals surface area contributed by atoms with Crippen LogP contribution in [0.4, 0.5) is 5.95 Å². The molecule has 0 aliphatic rings. The summed E-state index contributed by atoms with van der Waals surface area (Å²) in [7, 11) is 0. The summed E-state index contributed by atoms with van der Waals surface area (Å²) in [4.78, 5) is 17.6. The van der Waals surface area contributed by atoms with E-state index in [9.17, 15) is 0 Å². The molecule has 6 heteroatoms. The van der Waals surface area contributed by atoms with Crippen LogP contribution in [0, 0.1) is 0 Å². The van der Waals surface area contributed by atoms with Gasteiger partial charge in [-0.1, -0.05) is 25.1 Å². The van der Waals surface area contributed by atoms with Crippen molar-refractivity contribution in [3.8, 4) is 0 Å². The van der Waals surface area contributed by atoms with Crippen LogP contribution in [0.25, 0.3) is 10.9 Å². The van der Waals surface area contributed by atoms with Crippen molar-refractivity contribution in [3.63, 3.8) is 0 Å². The van der Waals surface area contributed by atoms with E-state index in [2.05, 4.69) is 32.2 Å². The molecule has 0 aliphatic heterocycles. The van der Waals surface area contributed by atoms with Crippen molar-refractivity contribution in [1.29, 1.82) is 0 Å². The third-order valence-corrected chi connectivity index (χ3v) is 3.73. The maximum Gasteiger partial charge on any atom is 0.224 e. The average molecular weight is 297 g/mol. The zero-order valence-electron chi connectivity index (χ0n) is 11.7. The molecule has 106 valence electrons. The summed E-state index contributed by atoms with van der Waals surface area (Å²) in [6.45, 7) is 2.96. The quantitative estimate of drug-likeness (QED) is 0.575. The van der Waals surface area contributed by atoms with Crippen molar-refractivity contribution in [2.24, 2.45) is 0 Å². The summed E-state index contributed by atoms with van der Waals surface area (Å²) in [5.41, 5.74) is 0.921. The van der Waals surface area contributed by atoms with Gasteiger partial charge in [0.05, 0.1) is 5.52 Å². The molecule has 3 aromatic rings. The van der Waals surface area contributed by atoms with E-state index < -0.39 is 0 Å². The molecule has 0 amide bonds. The predicted octanol–water partition coefficient (Wildman–Crippen LogP) is 3.39. The average Bonchev–Trinajstić information content (AvgIpc) is 2.54. The lowest BCUT2D eigenvalue weighted by atomic mass is 10.2. The van der Waals surface area contributed by atoms with E-state index in [-0.39, 0.29) is 0 Å². The van der Waals surface area contributed by atoms with Gasteiger partial charge >= 0.3 is 0 Å².